The minimum atomic E-state index is -4.62. The first kappa shape index (κ1) is 50.8. The summed E-state index contributed by atoms with van der Waals surface area (Å²) in [7, 11) is 1.17. The van der Waals surface area contributed by atoms with Crippen LogP contribution in [0.4, 0.5) is 0 Å². The monoisotopic (exact) mass is 760 g/mol. The van der Waals surface area contributed by atoms with Gasteiger partial charge in [0.2, 0.25) is 0 Å². The quantitative estimate of drug-likeness (QED) is 0.0200. The predicted octanol–water partition coefficient (Wildman–Crippen LogP) is 11.2. The van der Waals surface area contributed by atoms with Gasteiger partial charge in [-0.3, -0.25) is 14.2 Å². The molecule has 0 aliphatic carbocycles. The summed E-state index contributed by atoms with van der Waals surface area (Å²) in [4.78, 5) is 37.4. The Morgan fingerprint density at radius 2 is 0.981 bits per heavy atom. The average molecular weight is 760 g/mol. The lowest BCUT2D eigenvalue weighted by Gasteiger charge is -2.28. The second-order valence-corrected chi connectivity index (χ2v) is 17.1. The minimum Gasteiger partial charge on any atom is -0.756 e. The number of allylic oxidation sites excluding steroid dienone is 2. The molecule has 2 atom stereocenters. The highest BCUT2D eigenvalue weighted by Gasteiger charge is 2.21. The summed E-state index contributed by atoms with van der Waals surface area (Å²) in [6.45, 7) is 4.22. The van der Waals surface area contributed by atoms with Crippen LogP contribution < -0.4 is 4.89 Å². The van der Waals surface area contributed by atoms with E-state index in [2.05, 4.69) is 26.0 Å². The van der Waals surface area contributed by atoms with Crippen LogP contribution in [-0.2, 0) is 32.7 Å². The second-order valence-electron chi connectivity index (χ2n) is 15.7. The molecule has 0 heterocycles. The van der Waals surface area contributed by atoms with E-state index in [0.717, 1.165) is 51.4 Å². The molecule has 308 valence electrons. The molecule has 1 unspecified atom stereocenters. The van der Waals surface area contributed by atoms with Gasteiger partial charge in [0.1, 0.15) is 19.8 Å². The number of phosphoric acid groups is 1. The van der Waals surface area contributed by atoms with Gasteiger partial charge in [-0.05, 0) is 38.5 Å². The van der Waals surface area contributed by atoms with Gasteiger partial charge in [-0.25, -0.2) is 0 Å². The van der Waals surface area contributed by atoms with Crippen LogP contribution in [-0.4, -0.2) is 70.0 Å². The largest absolute Gasteiger partial charge is 0.756 e. The number of rotatable bonds is 39. The van der Waals surface area contributed by atoms with E-state index in [1.165, 1.54) is 109 Å². The lowest BCUT2D eigenvalue weighted by molar-refractivity contribution is -0.870. The van der Waals surface area contributed by atoms with Gasteiger partial charge in [0.25, 0.3) is 7.82 Å². The highest BCUT2D eigenvalue weighted by Crippen LogP contribution is 2.38. The number of carbonyl (C=O) groups is 2. The van der Waals surface area contributed by atoms with Gasteiger partial charge in [-0.2, -0.15) is 0 Å². The zero-order valence-electron chi connectivity index (χ0n) is 34.5. The van der Waals surface area contributed by atoms with E-state index < -0.39 is 26.5 Å². The van der Waals surface area contributed by atoms with E-state index in [1.807, 2.05) is 21.1 Å². The Morgan fingerprint density at radius 3 is 1.42 bits per heavy atom. The molecule has 0 spiro atoms. The number of unbranched alkanes of at least 4 members (excludes halogenated alkanes) is 23. The Labute approximate surface area is 320 Å². The standard InChI is InChI=1S/C42H82NO8P/c1-6-8-10-12-14-16-18-20-21-23-24-26-28-30-32-34-41(44)48-38-40(39-50-52(46,47)49-37-36-43(3,4)5)51-42(45)35-33-31-29-27-25-22-19-17-15-13-11-9-7-2/h20-21,40H,6-19,22-39H2,1-5H3/b21-20-/t40-/m0/s1. The number of carbonyl (C=O) groups excluding carboxylic acids is 2. The molecule has 0 saturated carbocycles. The van der Waals surface area contributed by atoms with E-state index in [4.69, 9.17) is 18.5 Å². The fourth-order valence-corrected chi connectivity index (χ4v) is 6.61. The molecular weight excluding hydrogens is 677 g/mol. The molecule has 0 radical (unpaired) electrons. The van der Waals surface area contributed by atoms with E-state index >= 15 is 0 Å². The molecule has 0 bridgehead atoms. The first-order valence-corrected chi connectivity index (χ1v) is 22.9. The maximum atomic E-state index is 12.6. The molecule has 10 heteroatoms. The number of nitrogens with zero attached hydrogens (tertiary/aromatic N) is 1. The van der Waals surface area contributed by atoms with Crippen LogP contribution in [0, 0.1) is 0 Å². The van der Waals surface area contributed by atoms with Crippen LogP contribution in [0.2, 0.25) is 0 Å². The van der Waals surface area contributed by atoms with Crippen molar-refractivity contribution < 1.29 is 42.1 Å². The maximum Gasteiger partial charge on any atom is 0.306 e. The van der Waals surface area contributed by atoms with Crippen molar-refractivity contribution >= 4 is 19.8 Å². The third-order valence-electron chi connectivity index (χ3n) is 9.29. The molecule has 0 aliphatic rings. The number of hydrogen-bond donors (Lipinski definition) is 0. The van der Waals surface area contributed by atoms with Crippen molar-refractivity contribution in [1.82, 2.24) is 0 Å². The van der Waals surface area contributed by atoms with Gasteiger partial charge in [0.05, 0.1) is 27.7 Å². The van der Waals surface area contributed by atoms with Gasteiger partial charge in [-0.1, -0.05) is 154 Å². The van der Waals surface area contributed by atoms with Crippen LogP contribution in [0.15, 0.2) is 12.2 Å². The van der Waals surface area contributed by atoms with Crippen molar-refractivity contribution in [2.24, 2.45) is 0 Å². The minimum absolute atomic E-state index is 0.0290. The number of phosphoric ester groups is 1. The fourth-order valence-electron chi connectivity index (χ4n) is 5.88. The highest BCUT2D eigenvalue weighted by atomic mass is 31.2. The summed E-state index contributed by atoms with van der Waals surface area (Å²) in [5.74, 6) is -0.837. The molecule has 0 aliphatic heterocycles. The summed E-state index contributed by atoms with van der Waals surface area (Å²) >= 11 is 0. The summed E-state index contributed by atoms with van der Waals surface area (Å²) < 4.78 is 33.8. The first-order chi connectivity index (χ1) is 25.0. The topological polar surface area (TPSA) is 111 Å². The molecule has 0 fully saturated rings. The Bertz CT molecular complexity index is 907. The van der Waals surface area contributed by atoms with E-state index in [0.29, 0.717) is 17.4 Å². The summed E-state index contributed by atoms with van der Waals surface area (Å²) in [5.41, 5.74) is 0. The third-order valence-corrected chi connectivity index (χ3v) is 10.2. The summed E-state index contributed by atoms with van der Waals surface area (Å²) in [6.07, 6.45) is 35.1. The molecule has 0 N–H and O–H groups in total. The lowest BCUT2D eigenvalue weighted by atomic mass is 10.0. The first-order valence-electron chi connectivity index (χ1n) is 21.4. The molecule has 0 aromatic rings. The van der Waals surface area contributed by atoms with E-state index in [1.54, 1.807) is 0 Å². The highest BCUT2D eigenvalue weighted by molar-refractivity contribution is 7.45. The number of esters is 2. The van der Waals surface area contributed by atoms with Gasteiger partial charge in [0.15, 0.2) is 6.10 Å². The van der Waals surface area contributed by atoms with Crippen molar-refractivity contribution in [2.75, 3.05) is 47.5 Å². The SMILES string of the molecule is CCCCCCCC/C=C\CCCCCCCC(=O)OC[C@@H](COP(=O)([O-])OCC[N+](C)(C)C)OC(=O)CCCCCCCCCCCCCCC. The molecule has 52 heavy (non-hydrogen) atoms. The number of quaternary nitrogens is 1. The fraction of sp³-hybridized carbons (Fsp3) is 0.905. The normalized spacial score (nSPS) is 13.7. The van der Waals surface area contributed by atoms with E-state index in [-0.39, 0.29) is 32.0 Å². The Kier molecular flexibility index (Phi) is 34.6. The van der Waals surface area contributed by atoms with Gasteiger partial charge in [-0.15, -0.1) is 0 Å². The lowest BCUT2D eigenvalue weighted by Crippen LogP contribution is -2.37. The van der Waals surface area contributed by atoms with Crippen LogP contribution in [0.3, 0.4) is 0 Å². The smallest absolute Gasteiger partial charge is 0.306 e. The number of hydrogen-bond acceptors (Lipinski definition) is 8. The van der Waals surface area contributed by atoms with Crippen LogP contribution in [0.1, 0.15) is 194 Å². The van der Waals surface area contributed by atoms with Gasteiger partial charge < -0.3 is 27.9 Å². The van der Waals surface area contributed by atoms with Crippen molar-refractivity contribution in [3.63, 3.8) is 0 Å². The molecule has 0 aromatic heterocycles. The molecule has 0 saturated heterocycles. The van der Waals surface area contributed by atoms with Gasteiger partial charge >= 0.3 is 11.9 Å². The number of ether oxygens (including phenoxy) is 2. The zero-order chi connectivity index (χ0) is 38.6. The second kappa shape index (κ2) is 35.5. The van der Waals surface area contributed by atoms with Crippen LogP contribution in [0.5, 0.6) is 0 Å². The Balaban J connectivity index is 4.37. The van der Waals surface area contributed by atoms with Crippen molar-refractivity contribution in [3.8, 4) is 0 Å². The van der Waals surface area contributed by atoms with Crippen LogP contribution >= 0.6 is 7.82 Å². The third kappa shape index (κ3) is 38.5. The van der Waals surface area contributed by atoms with Gasteiger partial charge in [0, 0.05) is 12.8 Å². The Morgan fingerprint density at radius 1 is 0.577 bits per heavy atom. The maximum absolute atomic E-state index is 12.6. The molecule has 0 aromatic carbocycles. The average Bonchev–Trinajstić information content (AvgIpc) is 3.09. The van der Waals surface area contributed by atoms with Crippen molar-refractivity contribution in [2.45, 2.75) is 200 Å². The zero-order valence-corrected chi connectivity index (χ0v) is 35.4. The van der Waals surface area contributed by atoms with Crippen molar-refractivity contribution in [3.05, 3.63) is 12.2 Å². The molecule has 9 nitrogen and oxygen atoms in total. The Hall–Kier alpha value is -1.25. The van der Waals surface area contributed by atoms with Crippen LogP contribution in [0.25, 0.3) is 0 Å². The molecule has 0 rings (SSSR count). The van der Waals surface area contributed by atoms with E-state index in [9.17, 15) is 19.0 Å². The summed E-state index contributed by atoms with van der Waals surface area (Å²) in [5, 5.41) is 0. The number of likely N-dealkylation sites (N-methyl/N-ethyl adjacent to an activating group) is 1. The summed E-state index contributed by atoms with van der Waals surface area (Å²) in [6, 6.07) is 0. The molecule has 0 amide bonds. The molecular formula is C42H82NO8P. The predicted molar refractivity (Wildman–Crippen MR) is 213 cm³/mol. The van der Waals surface area contributed by atoms with Crippen molar-refractivity contribution in [1.29, 1.82) is 0 Å².